The Kier molecular flexibility index (Phi) is 8.68. The summed E-state index contributed by atoms with van der Waals surface area (Å²) in [5, 5.41) is 4.45. The van der Waals surface area contributed by atoms with Crippen molar-refractivity contribution in [3.05, 3.63) is 46.7 Å². The molecule has 0 radical (unpaired) electrons. The first-order valence-corrected chi connectivity index (χ1v) is 14.2. The maximum atomic E-state index is 4.64. The number of hydrogen-bond acceptors (Lipinski definition) is 5. The van der Waals surface area contributed by atoms with Crippen LogP contribution in [0.15, 0.2) is 41.1 Å². The first kappa shape index (κ1) is 22.6. The molecule has 0 bridgehead atoms. The smallest absolute Gasteiger partial charge is 0.114 e. The van der Waals surface area contributed by atoms with Crippen molar-refractivity contribution < 1.29 is 0 Å². The zero-order valence-corrected chi connectivity index (χ0v) is 20.9. The van der Waals surface area contributed by atoms with E-state index in [-0.39, 0.29) is 0 Å². The average Bonchev–Trinajstić information content (AvgIpc) is 3.56. The van der Waals surface area contributed by atoms with Gasteiger partial charge in [0, 0.05) is 20.9 Å². The van der Waals surface area contributed by atoms with Gasteiger partial charge in [-0.2, -0.15) is 8.75 Å². The standard InChI is InChI=1S/C26H32N2S3/c1-2-3-4-5-6-7-8-9-10-11-13-20-18-24(30-19-20)22-16-15-21(23-14-12-17-29-23)25-26(22)28-31-27-25/h12,14-19H,2-11,13H2,1H3. The Morgan fingerprint density at radius 1 is 0.710 bits per heavy atom. The normalized spacial score (nSPS) is 11.5. The monoisotopic (exact) mass is 468 g/mol. The molecule has 0 unspecified atom stereocenters. The minimum atomic E-state index is 1.04. The Morgan fingerprint density at radius 3 is 2.00 bits per heavy atom. The van der Waals surface area contributed by atoms with Gasteiger partial charge in [-0.3, -0.25) is 0 Å². The zero-order valence-electron chi connectivity index (χ0n) is 18.4. The molecule has 0 saturated heterocycles. The third-order valence-electron chi connectivity index (χ3n) is 5.94. The fraction of sp³-hybridized carbons (Fsp3) is 0.462. The van der Waals surface area contributed by atoms with Crippen molar-refractivity contribution in [2.45, 2.75) is 77.6 Å². The molecule has 0 aliphatic heterocycles. The number of benzene rings is 1. The number of thiophene rings is 2. The van der Waals surface area contributed by atoms with Gasteiger partial charge in [-0.05, 0) is 41.3 Å². The van der Waals surface area contributed by atoms with E-state index < -0.39 is 0 Å². The number of unbranched alkanes of at least 4 members (excludes halogenated alkanes) is 9. The molecule has 0 spiro atoms. The molecule has 164 valence electrons. The van der Waals surface area contributed by atoms with Gasteiger partial charge < -0.3 is 0 Å². The topological polar surface area (TPSA) is 25.8 Å². The van der Waals surface area contributed by atoms with Gasteiger partial charge in [0.15, 0.2) is 0 Å². The number of nitrogens with zero attached hydrogens (tertiary/aromatic N) is 2. The van der Waals surface area contributed by atoms with Gasteiger partial charge >= 0.3 is 0 Å². The van der Waals surface area contributed by atoms with E-state index in [1.807, 2.05) is 11.3 Å². The van der Waals surface area contributed by atoms with Gasteiger partial charge in [0.1, 0.15) is 11.0 Å². The third-order valence-corrected chi connectivity index (χ3v) is 8.38. The quantitative estimate of drug-likeness (QED) is 0.182. The van der Waals surface area contributed by atoms with Crippen molar-refractivity contribution in [1.29, 1.82) is 0 Å². The SMILES string of the molecule is CCCCCCCCCCCCc1csc(-c2ccc(-c3cccs3)c3nsnc23)c1. The molecule has 4 rings (SSSR count). The highest BCUT2D eigenvalue weighted by atomic mass is 32.1. The maximum Gasteiger partial charge on any atom is 0.114 e. The largest absolute Gasteiger partial charge is 0.172 e. The van der Waals surface area contributed by atoms with Gasteiger partial charge in [-0.1, -0.05) is 82.9 Å². The van der Waals surface area contributed by atoms with E-state index in [1.165, 1.54) is 109 Å². The highest BCUT2D eigenvalue weighted by molar-refractivity contribution is 7.14. The van der Waals surface area contributed by atoms with Crippen LogP contribution in [-0.4, -0.2) is 8.75 Å². The molecule has 0 amide bonds. The van der Waals surface area contributed by atoms with Crippen LogP contribution in [0.2, 0.25) is 0 Å². The minimum absolute atomic E-state index is 1.04. The molecular weight excluding hydrogens is 437 g/mol. The second-order valence-corrected chi connectivity index (χ2v) is 10.7. The summed E-state index contributed by atoms with van der Waals surface area (Å²) >= 11 is 4.92. The van der Waals surface area contributed by atoms with Crippen LogP contribution in [0.4, 0.5) is 0 Å². The zero-order chi connectivity index (χ0) is 21.3. The third kappa shape index (κ3) is 6.03. The fourth-order valence-corrected chi connectivity index (χ4v) is 6.46. The second kappa shape index (κ2) is 11.9. The van der Waals surface area contributed by atoms with Crippen LogP contribution >= 0.6 is 34.4 Å². The molecule has 5 heteroatoms. The van der Waals surface area contributed by atoms with Gasteiger partial charge in [0.05, 0.1) is 11.7 Å². The lowest BCUT2D eigenvalue weighted by Gasteiger charge is -2.03. The van der Waals surface area contributed by atoms with Crippen LogP contribution in [0.3, 0.4) is 0 Å². The van der Waals surface area contributed by atoms with Crippen LogP contribution in [0.1, 0.15) is 76.7 Å². The number of hydrogen-bond donors (Lipinski definition) is 0. The van der Waals surface area contributed by atoms with E-state index in [2.05, 4.69) is 56.8 Å². The molecule has 0 N–H and O–H groups in total. The summed E-state index contributed by atoms with van der Waals surface area (Å²) in [4.78, 5) is 2.58. The fourth-order valence-electron chi connectivity index (χ4n) is 4.16. The maximum absolute atomic E-state index is 4.64. The van der Waals surface area contributed by atoms with Gasteiger partial charge in [-0.25, -0.2) is 0 Å². The van der Waals surface area contributed by atoms with Crippen molar-refractivity contribution in [1.82, 2.24) is 8.75 Å². The summed E-state index contributed by atoms with van der Waals surface area (Å²) in [6, 6.07) is 11.1. The second-order valence-electron chi connectivity index (χ2n) is 8.35. The van der Waals surface area contributed by atoms with E-state index in [0.29, 0.717) is 0 Å². The molecule has 0 fully saturated rings. The van der Waals surface area contributed by atoms with Crippen LogP contribution in [-0.2, 0) is 6.42 Å². The molecule has 0 saturated carbocycles. The number of aryl methyl sites for hydroxylation is 1. The summed E-state index contributed by atoms with van der Waals surface area (Å²) in [5.41, 5.74) is 5.98. The van der Waals surface area contributed by atoms with Crippen molar-refractivity contribution in [2.75, 3.05) is 0 Å². The van der Waals surface area contributed by atoms with E-state index in [4.69, 9.17) is 0 Å². The van der Waals surface area contributed by atoms with Crippen LogP contribution in [0, 0.1) is 0 Å². The minimum Gasteiger partial charge on any atom is -0.172 e. The molecular formula is C26H32N2S3. The predicted octanol–water partition coefficient (Wildman–Crippen LogP) is 9.61. The summed E-state index contributed by atoms with van der Waals surface area (Å²) in [6.45, 7) is 2.29. The highest BCUT2D eigenvalue weighted by Gasteiger charge is 2.15. The Labute approximate surface area is 198 Å². The number of fused-ring (bicyclic) bond motifs is 1. The van der Waals surface area contributed by atoms with Crippen LogP contribution < -0.4 is 0 Å². The highest BCUT2D eigenvalue weighted by Crippen LogP contribution is 2.38. The molecule has 2 nitrogen and oxygen atoms in total. The Morgan fingerprint density at radius 2 is 1.35 bits per heavy atom. The molecule has 3 heterocycles. The summed E-state index contributed by atoms with van der Waals surface area (Å²) < 4.78 is 9.26. The van der Waals surface area contributed by atoms with E-state index in [0.717, 1.165) is 11.0 Å². The van der Waals surface area contributed by atoms with E-state index >= 15 is 0 Å². The Bertz CT molecular complexity index is 1050. The summed E-state index contributed by atoms with van der Waals surface area (Å²) in [7, 11) is 0. The van der Waals surface area contributed by atoms with Gasteiger partial charge in [0.25, 0.3) is 0 Å². The molecule has 0 aliphatic carbocycles. The molecule has 3 aromatic heterocycles. The van der Waals surface area contributed by atoms with Crippen molar-refractivity contribution >= 4 is 45.4 Å². The van der Waals surface area contributed by atoms with Crippen molar-refractivity contribution in [2.24, 2.45) is 0 Å². The van der Waals surface area contributed by atoms with Crippen molar-refractivity contribution in [3.8, 4) is 20.9 Å². The molecule has 1 aromatic carbocycles. The number of rotatable bonds is 13. The molecule has 31 heavy (non-hydrogen) atoms. The molecule has 0 atom stereocenters. The lowest BCUT2D eigenvalue weighted by molar-refractivity contribution is 0.556. The molecule has 0 aliphatic rings. The van der Waals surface area contributed by atoms with E-state index in [9.17, 15) is 0 Å². The lowest BCUT2D eigenvalue weighted by atomic mass is 10.0. The first-order chi connectivity index (χ1) is 15.4. The van der Waals surface area contributed by atoms with Crippen LogP contribution in [0.25, 0.3) is 31.9 Å². The predicted molar refractivity (Wildman–Crippen MR) is 140 cm³/mol. The van der Waals surface area contributed by atoms with E-state index in [1.54, 1.807) is 11.3 Å². The molecule has 4 aromatic rings. The van der Waals surface area contributed by atoms with Crippen LogP contribution in [0.5, 0.6) is 0 Å². The van der Waals surface area contributed by atoms with Crippen molar-refractivity contribution in [3.63, 3.8) is 0 Å². The Hall–Kier alpha value is -1.56. The summed E-state index contributed by atoms with van der Waals surface area (Å²) in [5.74, 6) is 0. The number of aromatic nitrogens is 2. The first-order valence-electron chi connectivity index (χ1n) is 11.7. The Balaban J connectivity index is 1.28. The summed E-state index contributed by atoms with van der Waals surface area (Å²) in [6.07, 6.45) is 15.1. The lowest BCUT2D eigenvalue weighted by Crippen LogP contribution is -1.85. The van der Waals surface area contributed by atoms with Gasteiger partial charge in [0.2, 0.25) is 0 Å². The average molecular weight is 469 g/mol. The van der Waals surface area contributed by atoms with Gasteiger partial charge in [-0.15, -0.1) is 22.7 Å².